The Morgan fingerprint density at radius 3 is 3.42 bits per heavy atom. The van der Waals surface area contributed by atoms with Gasteiger partial charge in [-0.2, -0.15) is 5.26 Å². The second-order valence-electron chi connectivity index (χ2n) is 2.70. The van der Waals surface area contributed by atoms with Gasteiger partial charge in [0.25, 0.3) is 0 Å². The summed E-state index contributed by atoms with van der Waals surface area (Å²) in [5.74, 6) is 0. The van der Waals surface area contributed by atoms with Gasteiger partial charge in [0, 0.05) is 0 Å². The van der Waals surface area contributed by atoms with Gasteiger partial charge in [-0.25, -0.2) is 4.99 Å². The Bertz CT molecular complexity index is 320. The number of hydrogen-bond donors (Lipinski definition) is 0. The van der Waals surface area contributed by atoms with Crippen LogP contribution in [0.4, 0.5) is 0 Å². The molecule has 2 nitrogen and oxygen atoms in total. The third-order valence-electron chi connectivity index (χ3n) is 1.85. The molecule has 0 aromatic rings. The van der Waals surface area contributed by atoms with E-state index in [9.17, 15) is 0 Å². The van der Waals surface area contributed by atoms with E-state index in [-0.39, 0.29) is 0 Å². The van der Waals surface area contributed by atoms with Gasteiger partial charge in [0.15, 0.2) is 0 Å². The lowest BCUT2D eigenvalue weighted by Gasteiger charge is -2.08. The summed E-state index contributed by atoms with van der Waals surface area (Å²) in [6.07, 6.45) is 7.72. The molecule has 1 aliphatic heterocycles. The Hall–Kier alpha value is -1.01. The number of hydrogen-bond acceptors (Lipinski definition) is 3. The van der Waals surface area contributed by atoms with Crippen molar-refractivity contribution in [2.24, 2.45) is 4.99 Å². The highest BCUT2D eigenvalue weighted by Gasteiger charge is 2.24. The average molecular weight is 176 g/mol. The monoisotopic (exact) mass is 176 g/mol. The summed E-state index contributed by atoms with van der Waals surface area (Å²) in [6.45, 7) is 0. The maximum atomic E-state index is 8.48. The van der Waals surface area contributed by atoms with Crippen molar-refractivity contribution in [1.82, 2.24) is 0 Å². The van der Waals surface area contributed by atoms with Crippen molar-refractivity contribution in [2.75, 3.05) is 0 Å². The van der Waals surface area contributed by atoms with Crippen molar-refractivity contribution in [3.05, 3.63) is 23.9 Å². The molecule has 1 aliphatic carbocycles. The summed E-state index contributed by atoms with van der Waals surface area (Å²) in [7, 11) is 0. The molecule has 0 bridgehead atoms. The highest BCUT2D eigenvalue weighted by atomic mass is 32.2. The zero-order valence-corrected chi connectivity index (χ0v) is 7.34. The van der Waals surface area contributed by atoms with Crippen molar-refractivity contribution in [2.45, 2.75) is 18.1 Å². The van der Waals surface area contributed by atoms with Gasteiger partial charge in [0.2, 0.25) is 0 Å². The third kappa shape index (κ3) is 1.30. The van der Waals surface area contributed by atoms with Crippen molar-refractivity contribution in [3.63, 3.8) is 0 Å². The summed E-state index contributed by atoms with van der Waals surface area (Å²) < 4.78 is 0. The van der Waals surface area contributed by atoms with Crippen LogP contribution in [-0.4, -0.2) is 10.3 Å². The van der Waals surface area contributed by atoms with Crippen LogP contribution in [0.2, 0.25) is 0 Å². The number of allylic oxidation sites excluding steroid dienone is 3. The molecule has 0 fully saturated rings. The van der Waals surface area contributed by atoms with Crippen LogP contribution in [0.25, 0.3) is 0 Å². The molecule has 12 heavy (non-hydrogen) atoms. The standard InChI is InChI=1S/C9H8N2S/c10-6-5-9-11-7-3-1-2-4-8(7)12-9/h1-3,8H,4-5H2. The van der Waals surface area contributed by atoms with Gasteiger partial charge in [-0.15, -0.1) is 0 Å². The van der Waals surface area contributed by atoms with E-state index in [1.54, 1.807) is 11.8 Å². The Balaban J connectivity index is 2.17. The second-order valence-corrected chi connectivity index (χ2v) is 3.98. The summed E-state index contributed by atoms with van der Waals surface area (Å²) >= 11 is 1.73. The molecule has 0 amide bonds. The van der Waals surface area contributed by atoms with Crippen LogP contribution in [0, 0.1) is 11.3 Å². The first-order valence-corrected chi connectivity index (χ1v) is 4.76. The normalized spacial score (nSPS) is 25.8. The number of thioether (sulfide) groups is 1. The van der Waals surface area contributed by atoms with Crippen LogP contribution in [0.5, 0.6) is 0 Å². The Morgan fingerprint density at radius 2 is 2.67 bits per heavy atom. The average Bonchev–Trinajstić information content (AvgIpc) is 2.47. The molecule has 0 aromatic heterocycles. The van der Waals surface area contributed by atoms with E-state index in [0.29, 0.717) is 11.7 Å². The van der Waals surface area contributed by atoms with Crippen molar-refractivity contribution in [1.29, 1.82) is 5.26 Å². The SMILES string of the molecule is N#CCC1=NC2=CC=CCC2S1. The van der Waals surface area contributed by atoms with Gasteiger partial charge >= 0.3 is 0 Å². The molecule has 2 rings (SSSR count). The predicted molar refractivity (Wildman–Crippen MR) is 50.9 cm³/mol. The van der Waals surface area contributed by atoms with Crippen LogP contribution < -0.4 is 0 Å². The Labute approximate surface area is 75.7 Å². The first kappa shape index (κ1) is 7.63. The lowest BCUT2D eigenvalue weighted by atomic mass is 10.1. The molecule has 0 N–H and O–H groups in total. The number of nitriles is 1. The Morgan fingerprint density at radius 1 is 1.75 bits per heavy atom. The minimum atomic E-state index is 0.457. The number of fused-ring (bicyclic) bond motifs is 1. The summed E-state index contributed by atoms with van der Waals surface area (Å²) in [5, 5.41) is 9.94. The fourth-order valence-electron chi connectivity index (χ4n) is 1.30. The predicted octanol–water partition coefficient (Wildman–Crippen LogP) is 2.26. The van der Waals surface area contributed by atoms with Gasteiger partial charge in [0.1, 0.15) is 0 Å². The van der Waals surface area contributed by atoms with Crippen molar-refractivity contribution in [3.8, 4) is 6.07 Å². The maximum Gasteiger partial charge on any atom is 0.0882 e. The highest BCUT2D eigenvalue weighted by Crippen LogP contribution is 2.35. The van der Waals surface area contributed by atoms with Crippen LogP contribution in [0.1, 0.15) is 12.8 Å². The minimum Gasteiger partial charge on any atom is -0.249 e. The summed E-state index contributed by atoms with van der Waals surface area (Å²) in [4.78, 5) is 4.37. The fraction of sp³-hybridized carbons (Fsp3) is 0.333. The molecule has 0 saturated heterocycles. The molecule has 2 aliphatic rings. The van der Waals surface area contributed by atoms with E-state index in [4.69, 9.17) is 5.26 Å². The molecule has 0 aromatic carbocycles. The Kier molecular flexibility index (Phi) is 2.01. The molecule has 3 heteroatoms. The first-order valence-electron chi connectivity index (χ1n) is 3.88. The largest absolute Gasteiger partial charge is 0.249 e. The minimum absolute atomic E-state index is 0.457. The van der Waals surface area contributed by atoms with E-state index >= 15 is 0 Å². The summed E-state index contributed by atoms with van der Waals surface area (Å²) in [5.41, 5.74) is 1.13. The molecule has 1 unspecified atom stereocenters. The zero-order valence-electron chi connectivity index (χ0n) is 6.53. The smallest absolute Gasteiger partial charge is 0.0882 e. The van der Waals surface area contributed by atoms with E-state index in [0.717, 1.165) is 17.2 Å². The zero-order chi connectivity index (χ0) is 8.39. The fourth-order valence-corrected chi connectivity index (χ4v) is 2.39. The molecule has 0 radical (unpaired) electrons. The second kappa shape index (κ2) is 3.16. The third-order valence-corrected chi connectivity index (χ3v) is 3.07. The molecular weight excluding hydrogens is 168 g/mol. The first-order chi connectivity index (χ1) is 5.90. The van der Waals surface area contributed by atoms with E-state index in [2.05, 4.69) is 17.1 Å². The lowest BCUT2D eigenvalue weighted by molar-refractivity contribution is 0.981. The molecule has 1 atom stereocenters. The molecule has 1 heterocycles. The van der Waals surface area contributed by atoms with Crippen LogP contribution in [0.3, 0.4) is 0 Å². The van der Waals surface area contributed by atoms with Gasteiger partial charge in [-0.05, 0) is 12.5 Å². The van der Waals surface area contributed by atoms with E-state index in [1.165, 1.54) is 0 Å². The topological polar surface area (TPSA) is 36.1 Å². The quantitative estimate of drug-likeness (QED) is 0.614. The van der Waals surface area contributed by atoms with Gasteiger partial charge < -0.3 is 0 Å². The van der Waals surface area contributed by atoms with Crippen molar-refractivity contribution < 1.29 is 0 Å². The number of aliphatic imine (C=N–C) groups is 1. The lowest BCUT2D eigenvalue weighted by Crippen LogP contribution is -2.01. The molecule has 0 spiro atoms. The van der Waals surface area contributed by atoms with E-state index in [1.807, 2.05) is 12.2 Å². The van der Waals surface area contributed by atoms with Crippen molar-refractivity contribution >= 4 is 16.8 Å². The maximum absolute atomic E-state index is 8.48. The molecule has 60 valence electrons. The molecule has 0 saturated carbocycles. The van der Waals surface area contributed by atoms with Gasteiger partial charge in [0.05, 0.1) is 28.5 Å². The van der Waals surface area contributed by atoms with Gasteiger partial charge in [-0.3, -0.25) is 0 Å². The number of rotatable bonds is 1. The summed E-state index contributed by atoms with van der Waals surface area (Å²) in [6, 6.07) is 2.12. The van der Waals surface area contributed by atoms with Crippen LogP contribution in [-0.2, 0) is 0 Å². The highest BCUT2D eigenvalue weighted by molar-refractivity contribution is 8.15. The number of nitrogens with zero attached hydrogens (tertiary/aromatic N) is 2. The van der Waals surface area contributed by atoms with Crippen LogP contribution in [0.15, 0.2) is 28.9 Å². The van der Waals surface area contributed by atoms with Crippen LogP contribution >= 0.6 is 11.8 Å². The van der Waals surface area contributed by atoms with E-state index < -0.39 is 0 Å². The van der Waals surface area contributed by atoms with Gasteiger partial charge in [-0.1, -0.05) is 23.9 Å². The molecular formula is C9H8N2S.